The number of ether oxygens (including phenoxy) is 1. The number of nitriles is 1. The molecule has 0 bridgehead atoms. The first-order valence-electron chi connectivity index (χ1n) is 4.39. The third-order valence-corrected chi connectivity index (χ3v) is 1.61. The minimum Gasteiger partial charge on any atom is -0.489 e. The Hall–Kier alpha value is -1.70. The molecule has 5 heteroatoms. The largest absolute Gasteiger partial charge is 0.489 e. The Labute approximate surface area is 86.3 Å². The van der Waals surface area contributed by atoms with Crippen molar-refractivity contribution in [1.29, 1.82) is 5.26 Å². The van der Waals surface area contributed by atoms with E-state index in [1.54, 1.807) is 19.9 Å². The van der Waals surface area contributed by atoms with Gasteiger partial charge in [-0.3, -0.25) is 0 Å². The Balaban J connectivity index is 3.11. The molecule has 0 aliphatic rings. The summed E-state index contributed by atoms with van der Waals surface area (Å²) in [7, 11) is 0. The number of hydrogen-bond acceptors (Lipinski definition) is 3. The van der Waals surface area contributed by atoms with Crippen LogP contribution in [-0.2, 0) is 0 Å². The molecule has 0 amide bonds. The summed E-state index contributed by atoms with van der Waals surface area (Å²) in [5, 5.41) is 8.52. The molecule has 0 aromatic carbocycles. The highest BCUT2D eigenvalue weighted by Crippen LogP contribution is 2.29. The average Bonchev–Trinajstić information content (AvgIpc) is 2.17. The highest BCUT2D eigenvalue weighted by Gasteiger charge is 2.16. The molecule has 0 spiro atoms. The van der Waals surface area contributed by atoms with Crippen molar-refractivity contribution in [3.05, 3.63) is 23.5 Å². The molecule has 0 N–H and O–H groups in total. The molecular formula is C10H10F2N2O. The van der Waals surface area contributed by atoms with Gasteiger partial charge in [-0.15, -0.1) is 0 Å². The second-order valence-corrected chi connectivity index (χ2v) is 3.19. The fourth-order valence-electron chi connectivity index (χ4n) is 1.04. The van der Waals surface area contributed by atoms with Crippen LogP contribution in [0.1, 0.15) is 31.5 Å². The molecule has 0 aliphatic carbocycles. The van der Waals surface area contributed by atoms with Crippen molar-refractivity contribution in [2.45, 2.75) is 26.4 Å². The van der Waals surface area contributed by atoms with E-state index in [9.17, 15) is 8.78 Å². The SMILES string of the molecule is CC(C)Oc1cnc(C#N)cc1C(F)F. The number of nitrogens with zero attached hydrogens (tertiary/aromatic N) is 2. The molecule has 0 unspecified atom stereocenters. The quantitative estimate of drug-likeness (QED) is 0.773. The maximum absolute atomic E-state index is 12.6. The van der Waals surface area contributed by atoms with Crippen molar-refractivity contribution in [2.75, 3.05) is 0 Å². The lowest BCUT2D eigenvalue weighted by molar-refractivity contribution is 0.140. The van der Waals surface area contributed by atoms with Crippen LogP contribution in [0.5, 0.6) is 5.75 Å². The summed E-state index contributed by atoms with van der Waals surface area (Å²) in [5.74, 6) is 0.0269. The summed E-state index contributed by atoms with van der Waals surface area (Å²) in [4.78, 5) is 3.67. The molecule has 80 valence electrons. The Morgan fingerprint density at radius 2 is 2.13 bits per heavy atom. The first kappa shape index (κ1) is 11.4. The van der Waals surface area contributed by atoms with Crippen molar-refractivity contribution < 1.29 is 13.5 Å². The average molecular weight is 212 g/mol. The molecule has 1 aromatic heterocycles. The predicted molar refractivity (Wildman–Crippen MR) is 49.7 cm³/mol. The number of pyridine rings is 1. The molecule has 0 radical (unpaired) electrons. The highest BCUT2D eigenvalue weighted by atomic mass is 19.3. The van der Waals surface area contributed by atoms with Crippen molar-refractivity contribution >= 4 is 0 Å². The van der Waals surface area contributed by atoms with E-state index in [1.807, 2.05) is 0 Å². The lowest BCUT2D eigenvalue weighted by Crippen LogP contribution is -2.08. The predicted octanol–water partition coefficient (Wildman–Crippen LogP) is 2.68. The van der Waals surface area contributed by atoms with Crippen LogP contribution in [0.25, 0.3) is 0 Å². The fraction of sp³-hybridized carbons (Fsp3) is 0.400. The zero-order chi connectivity index (χ0) is 11.4. The molecular weight excluding hydrogens is 202 g/mol. The first-order chi connectivity index (χ1) is 7.04. The Bertz CT molecular complexity index is 385. The molecule has 0 atom stereocenters. The van der Waals surface area contributed by atoms with Gasteiger partial charge in [0.1, 0.15) is 17.5 Å². The van der Waals surface area contributed by atoms with Crippen LogP contribution in [-0.4, -0.2) is 11.1 Å². The Morgan fingerprint density at radius 3 is 2.60 bits per heavy atom. The minimum atomic E-state index is -2.67. The third-order valence-electron chi connectivity index (χ3n) is 1.61. The van der Waals surface area contributed by atoms with Crippen LogP contribution in [0.3, 0.4) is 0 Å². The lowest BCUT2D eigenvalue weighted by Gasteiger charge is -2.13. The first-order valence-corrected chi connectivity index (χ1v) is 4.39. The highest BCUT2D eigenvalue weighted by molar-refractivity contribution is 5.37. The number of halogens is 2. The van der Waals surface area contributed by atoms with E-state index < -0.39 is 6.43 Å². The summed E-state index contributed by atoms with van der Waals surface area (Å²) in [6.45, 7) is 3.46. The Kier molecular flexibility index (Phi) is 3.56. The molecule has 0 aliphatic heterocycles. The number of hydrogen-bond donors (Lipinski definition) is 0. The molecule has 15 heavy (non-hydrogen) atoms. The van der Waals surface area contributed by atoms with E-state index in [0.29, 0.717) is 0 Å². The summed E-state index contributed by atoms with van der Waals surface area (Å²) < 4.78 is 30.3. The van der Waals surface area contributed by atoms with E-state index in [0.717, 1.165) is 12.3 Å². The molecule has 0 saturated heterocycles. The number of alkyl halides is 2. The minimum absolute atomic E-state index is 0.0269. The number of aromatic nitrogens is 1. The monoisotopic (exact) mass is 212 g/mol. The smallest absolute Gasteiger partial charge is 0.267 e. The second kappa shape index (κ2) is 4.69. The van der Waals surface area contributed by atoms with Gasteiger partial charge in [-0.05, 0) is 19.9 Å². The normalized spacial score (nSPS) is 10.5. The van der Waals surface area contributed by atoms with Crippen LogP contribution in [0.15, 0.2) is 12.3 Å². The van der Waals surface area contributed by atoms with Gasteiger partial charge < -0.3 is 4.74 Å². The maximum atomic E-state index is 12.6. The number of rotatable bonds is 3. The van der Waals surface area contributed by atoms with E-state index in [2.05, 4.69) is 4.98 Å². The van der Waals surface area contributed by atoms with E-state index in [1.165, 1.54) is 0 Å². The van der Waals surface area contributed by atoms with Crippen molar-refractivity contribution in [3.63, 3.8) is 0 Å². The van der Waals surface area contributed by atoms with Gasteiger partial charge in [0.05, 0.1) is 17.9 Å². The van der Waals surface area contributed by atoms with Gasteiger partial charge in [-0.1, -0.05) is 0 Å². The summed E-state index contributed by atoms with van der Waals surface area (Å²) in [6.07, 6.45) is -1.73. The van der Waals surface area contributed by atoms with Crippen molar-refractivity contribution in [3.8, 4) is 11.8 Å². The van der Waals surface area contributed by atoms with Crippen LogP contribution >= 0.6 is 0 Å². The fourth-order valence-corrected chi connectivity index (χ4v) is 1.04. The third kappa shape index (κ3) is 2.88. The van der Waals surface area contributed by atoms with Crippen LogP contribution in [0, 0.1) is 11.3 Å². The van der Waals surface area contributed by atoms with E-state index in [4.69, 9.17) is 10.00 Å². The molecule has 1 aromatic rings. The molecule has 1 rings (SSSR count). The summed E-state index contributed by atoms with van der Waals surface area (Å²) >= 11 is 0. The molecule has 0 fully saturated rings. The van der Waals surface area contributed by atoms with Crippen LogP contribution < -0.4 is 4.74 Å². The van der Waals surface area contributed by atoms with Gasteiger partial charge in [0.25, 0.3) is 6.43 Å². The van der Waals surface area contributed by atoms with Gasteiger partial charge >= 0.3 is 0 Å². The standard InChI is InChI=1S/C10H10F2N2O/c1-6(2)15-9-5-14-7(4-13)3-8(9)10(11)12/h3,5-6,10H,1-2H3. The molecule has 3 nitrogen and oxygen atoms in total. The van der Waals surface area contributed by atoms with E-state index >= 15 is 0 Å². The van der Waals surface area contributed by atoms with Gasteiger partial charge in [-0.25, -0.2) is 13.8 Å². The Morgan fingerprint density at radius 1 is 1.47 bits per heavy atom. The molecule has 0 saturated carbocycles. The van der Waals surface area contributed by atoms with Crippen LogP contribution in [0.2, 0.25) is 0 Å². The maximum Gasteiger partial charge on any atom is 0.267 e. The zero-order valence-corrected chi connectivity index (χ0v) is 8.37. The topological polar surface area (TPSA) is 45.9 Å². The van der Waals surface area contributed by atoms with E-state index in [-0.39, 0.29) is 23.1 Å². The zero-order valence-electron chi connectivity index (χ0n) is 8.37. The van der Waals surface area contributed by atoms with Crippen molar-refractivity contribution in [1.82, 2.24) is 4.98 Å². The second-order valence-electron chi connectivity index (χ2n) is 3.19. The van der Waals surface area contributed by atoms with Gasteiger partial charge in [0.15, 0.2) is 0 Å². The summed E-state index contributed by atoms with van der Waals surface area (Å²) in [5.41, 5.74) is -0.336. The van der Waals surface area contributed by atoms with Gasteiger partial charge in [0, 0.05) is 0 Å². The van der Waals surface area contributed by atoms with Crippen LogP contribution in [0.4, 0.5) is 8.78 Å². The van der Waals surface area contributed by atoms with Gasteiger partial charge in [0.2, 0.25) is 0 Å². The lowest BCUT2D eigenvalue weighted by atomic mass is 10.2. The van der Waals surface area contributed by atoms with Crippen molar-refractivity contribution in [2.24, 2.45) is 0 Å². The molecule has 1 heterocycles. The summed E-state index contributed by atoms with van der Waals surface area (Å²) in [6, 6.07) is 2.75. The van der Waals surface area contributed by atoms with Gasteiger partial charge in [-0.2, -0.15) is 5.26 Å².